The van der Waals surface area contributed by atoms with E-state index in [1.54, 1.807) is 18.4 Å². The number of fused-ring (bicyclic) bond motifs is 1. The van der Waals surface area contributed by atoms with Crippen molar-refractivity contribution in [2.45, 2.75) is 32.1 Å². The highest BCUT2D eigenvalue weighted by Crippen LogP contribution is 2.25. The van der Waals surface area contributed by atoms with Crippen molar-refractivity contribution in [1.82, 2.24) is 4.57 Å². The highest BCUT2D eigenvalue weighted by Gasteiger charge is 2.20. The van der Waals surface area contributed by atoms with E-state index >= 15 is 0 Å². The molecule has 3 rings (SSSR count). The van der Waals surface area contributed by atoms with Crippen LogP contribution in [0.1, 0.15) is 32.1 Å². The molecule has 1 amide bonds. The van der Waals surface area contributed by atoms with Crippen LogP contribution >= 0.6 is 11.3 Å². The quantitative estimate of drug-likeness (QED) is 0.855. The smallest absolute Gasteiger partial charge is 0.251 e. The van der Waals surface area contributed by atoms with E-state index in [2.05, 4.69) is 4.99 Å². The van der Waals surface area contributed by atoms with E-state index in [9.17, 15) is 4.79 Å². The maximum absolute atomic E-state index is 12.3. The zero-order valence-corrected chi connectivity index (χ0v) is 13.3. The number of carbonyl (C=O) groups is 1. The van der Waals surface area contributed by atoms with E-state index < -0.39 is 0 Å². The largest absolute Gasteiger partial charge is 0.497 e. The van der Waals surface area contributed by atoms with Crippen LogP contribution < -0.4 is 9.54 Å². The molecule has 0 N–H and O–H groups in total. The van der Waals surface area contributed by atoms with Crippen LogP contribution in [0.5, 0.6) is 5.75 Å². The van der Waals surface area contributed by atoms with Gasteiger partial charge >= 0.3 is 0 Å². The normalized spacial score (nSPS) is 17.3. The van der Waals surface area contributed by atoms with Crippen LogP contribution in [0.3, 0.4) is 0 Å². The molecule has 0 radical (unpaired) electrons. The van der Waals surface area contributed by atoms with Gasteiger partial charge < -0.3 is 9.30 Å². The summed E-state index contributed by atoms with van der Waals surface area (Å²) in [5.41, 5.74) is 1.08. The minimum atomic E-state index is 0.0452. The van der Waals surface area contributed by atoms with Gasteiger partial charge in [0.05, 0.1) is 17.3 Å². The predicted molar refractivity (Wildman–Crippen MR) is 84.5 cm³/mol. The molecule has 0 unspecified atom stereocenters. The minimum absolute atomic E-state index is 0.0452. The Morgan fingerprint density at radius 3 is 2.81 bits per heavy atom. The molecule has 1 heterocycles. The Bertz CT molecular complexity index is 723. The summed E-state index contributed by atoms with van der Waals surface area (Å²) in [6.07, 6.45) is 5.54. The van der Waals surface area contributed by atoms with Gasteiger partial charge in [-0.1, -0.05) is 30.6 Å². The van der Waals surface area contributed by atoms with Gasteiger partial charge in [-0.05, 0) is 31.0 Å². The molecule has 112 valence electrons. The lowest BCUT2D eigenvalue weighted by atomic mass is 9.89. The zero-order chi connectivity index (χ0) is 14.8. The van der Waals surface area contributed by atoms with Crippen molar-refractivity contribution < 1.29 is 9.53 Å². The summed E-state index contributed by atoms with van der Waals surface area (Å²) in [7, 11) is 3.62. The first-order chi connectivity index (χ1) is 10.2. The number of rotatable bonds is 2. The molecule has 2 aromatic rings. The third-order valence-corrected chi connectivity index (χ3v) is 5.27. The molecule has 0 atom stereocenters. The Morgan fingerprint density at radius 2 is 2.10 bits per heavy atom. The van der Waals surface area contributed by atoms with Crippen LogP contribution in [0.15, 0.2) is 23.2 Å². The number of ether oxygens (including phenoxy) is 1. The molecule has 1 saturated carbocycles. The standard InChI is InChI=1S/C16H20N2O2S/c1-18-13-9-8-12(20-2)10-14(13)21-16(18)17-15(19)11-6-4-3-5-7-11/h8-11H,3-7H2,1-2H3. The van der Waals surface area contributed by atoms with Gasteiger partial charge in [0.15, 0.2) is 4.80 Å². The Morgan fingerprint density at radius 1 is 1.33 bits per heavy atom. The lowest BCUT2D eigenvalue weighted by molar-refractivity contribution is -0.122. The molecular formula is C16H20N2O2S. The van der Waals surface area contributed by atoms with Crippen molar-refractivity contribution in [3.8, 4) is 5.75 Å². The van der Waals surface area contributed by atoms with Crippen molar-refractivity contribution in [1.29, 1.82) is 0 Å². The average Bonchev–Trinajstić information content (AvgIpc) is 2.83. The molecule has 0 saturated heterocycles. The molecule has 1 aromatic carbocycles. The molecule has 0 aliphatic heterocycles. The van der Waals surface area contributed by atoms with Crippen molar-refractivity contribution in [2.24, 2.45) is 18.0 Å². The average molecular weight is 304 g/mol. The Balaban J connectivity index is 1.97. The molecule has 1 aromatic heterocycles. The molecular weight excluding hydrogens is 284 g/mol. The summed E-state index contributed by atoms with van der Waals surface area (Å²) >= 11 is 1.54. The summed E-state index contributed by atoms with van der Waals surface area (Å²) in [6, 6.07) is 5.93. The fourth-order valence-corrected chi connectivity index (χ4v) is 3.94. The maximum atomic E-state index is 12.3. The van der Waals surface area contributed by atoms with Crippen molar-refractivity contribution >= 4 is 27.5 Å². The minimum Gasteiger partial charge on any atom is -0.497 e. The highest BCUT2D eigenvalue weighted by atomic mass is 32.1. The summed E-state index contributed by atoms with van der Waals surface area (Å²) in [4.78, 5) is 17.5. The number of benzene rings is 1. The number of hydrogen-bond donors (Lipinski definition) is 0. The molecule has 0 bridgehead atoms. The first-order valence-corrected chi connectivity index (χ1v) is 8.23. The number of methoxy groups -OCH3 is 1. The second-order valence-electron chi connectivity index (χ2n) is 5.56. The molecule has 5 heteroatoms. The molecule has 21 heavy (non-hydrogen) atoms. The topological polar surface area (TPSA) is 43.6 Å². The van der Waals surface area contributed by atoms with Gasteiger partial charge in [-0.15, -0.1) is 0 Å². The molecule has 1 aliphatic rings. The number of nitrogens with zero attached hydrogens (tertiary/aromatic N) is 2. The molecule has 0 spiro atoms. The number of thiazole rings is 1. The second kappa shape index (κ2) is 6.02. The fourth-order valence-electron chi connectivity index (χ4n) is 2.88. The van der Waals surface area contributed by atoms with Crippen LogP contribution in [-0.2, 0) is 11.8 Å². The van der Waals surface area contributed by atoms with E-state index in [-0.39, 0.29) is 11.8 Å². The van der Waals surface area contributed by atoms with Gasteiger partial charge in [0.2, 0.25) is 0 Å². The number of aromatic nitrogens is 1. The second-order valence-corrected chi connectivity index (χ2v) is 6.57. The Kier molecular flexibility index (Phi) is 4.10. The molecule has 1 aliphatic carbocycles. The lowest BCUT2D eigenvalue weighted by Crippen LogP contribution is -2.20. The number of aryl methyl sites for hydroxylation is 1. The van der Waals surface area contributed by atoms with E-state index in [1.807, 2.05) is 29.8 Å². The first-order valence-electron chi connectivity index (χ1n) is 7.41. The number of hydrogen-bond acceptors (Lipinski definition) is 3. The van der Waals surface area contributed by atoms with Gasteiger partial charge in [-0.3, -0.25) is 4.79 Å². The van der Waals surface area contributed by atoms with Crippen molar-refractivity contribution in [3.63, 3.8) is 0 Å². The summed E-state index contributed by atoms with van der Waals surface area (Å²) in [5.74, 6) is 0.997. The van der Waals surface area contributed by atoms with Gasteiger partial charge in [0.1, 0.15) is 5.75 Å². The van der Waals surface area contributed by atoms with Crippen LogP contribution in [0, 0.1) is 5.92 Å². The van der Waals surface area contributed by atoms with E-state index in [1.165, 1.54) is 6.42 Å². The third-order valence-electron chi connectivity index (χ3n) is 4.18. The van der Waals surface area contributed by atoms with E-state index in [0.717, 1.165) is 46.5 Å². The van der Waals surface area contributed by atoms with Crippen LogP contribution in [0.2, 0.25) is 0 Å². The van der Waals surface area contributed by atoms with E-state index in [4.69, 9.17) is 4.74 Å². The fraction of sp³-hybridized carbons (Fsp3) is 0.500. The van der Waals surface area contributed by atoms with E-state index in [0.29, 0.717) is 0 Å². The van der Waals surface area contributed by atoms with Gasteiger partial charge in [-0.2, -0.15) is 4.99 Å². The van der Waals surface area contributed by atoms with Crippen molar-refractivity contribution in [3.05, 3.63) is 23.0 Å². The molecule has 1 fully saturated rings. The number of carbonyl (C=O) groups excluding carboxylic acids is 1. The highest BCUT2D eigenvalue weighted by molar-refractivity contribution is 7.16. The van der Waals surface area contributed by atoms with Gasteiger partial charge in [0, 0.05) is 13.0 Å². The Labute approximate surface area is 128 Å². The zero-order valence-electron chi connectivity index (χ0n) is 12.5. The van der Waals surface area contributed by atoms with Crippen LogP contribution in [0.4, 0.5) is 0 Å². The van der Waals surface area contributed by atoms with Gasteiger partial charge in [-0.25, -0.2) is 0 Å². The monoisotopic (exact) mass is 304 g/mol. The molecule has 4 nitrogen and oxygen atoms in total. The predicted octanol–water partition coefficient (Wildman–Crippen LogP) is 3.26. The summed E-state index contributed by atoms with van der Waals surface area (Å²) < 4.78 is 8.32. The summed E-state index contributed by atoms with van der Waals surface area (Å²) in [6.45, 7) is 0. The van der Waals surface area contributed by atoms with Crippen LogP contribution in [-0.4, -0.2) is 17.6 Å². The van der Waals surface area contributed by atoms with Crippen LogP contribution in [0.25, 0.3) is 10.2 Å². The first kappa shape index (κ1) is 14.3. The Hall–Kier alpha value is -1.62. The lowest BCUT2D eigenvalue weighted by Gasteiger charge is -2.17. The SMILES string of the molecule is COc1ccc2c(c1)sc(=NC(=O)C1CCCCC1)n2C. The third kappa shape index (κ3) is 2.88. The van der Waals surface area contributed by atoms with Gasteiger partial charge in [0.25, 0.3) is 5.91 Å². The maximum Gasteiger partial charge on any atom is 0.251 e. The van der Waals surface area contributed by atoms with Crippen molar-refractivity contribution in [2.75, 3.05) is 7.11 Å². The summed E-state index contributed by atoms with van der Waals surface area (Å²) in [5, 5.41) is 0. The number of amides is 1.